The van der Waals surface area contributed by atoms with E-state index in [-0.39, 0.29) is 23.5 Å². The first-order valence-corrected chi connectivity index (χ1v) is 10.2. The smallest absolute Gasteiger partial charge is 0.318 e. The normalized spacial score (nSPS) is 26.7. The SMILES string of the molecule is O=C(c1ccc(F)cc1)C1CCN(CCN2C(=O)NC3CCCCC32)CC1. The van der Waals surface area contributed by atoms with E-state index in [2.05, 4.69) is 10.2 Å². The molecule has 6 heteroatoms. The zero-order valence-electron chi connectivity index (χ0n) is 15.7. The zero-order chi connectivity index (χ0) is 18.8. The van der Waals surface area contributed by atoms with Crippen molar-refractivity contribution in [2.45, 2.75) is 50.6 Å². The number of halogens is 1. The summed E-state index contributed by atoms with van der Waals surface area (Å²) in [7, 11) is 0. The quantitative estimate of drug-likeness (QED) is 0.807. The molecule has 5 nitrogen and oxygen atoms in total. The van der Waals surface area contributed by atoms with Crippen LogP contribution in [0, 0.1) is 11.7 Å². The summed E-state index contributed by atoms with van der Waals surface area (Å²) in [5.41, 5.74) is 0.604. The van der Waals surface area contributed by atoms with Gasteiger partial charge in [-0.2, -0.15) is 0 Å². The zero-order valence-corrected chi connectivity index (χ0v) is 15.7. The highest BCUT2D eigenvalue weighted by Gasteiger charge is 2.40. The molecule has 1 saturated carbocycles. The van der Waals surface area contributed by atoms with Crippen LogP contribution in [0.5, 0.6) is 0 Å². The molecule has 2 heterocycles. The molecule has 146 valence electrons. The number of Topliss-reactive ketones (excluding diaryl/α,β-unsaturated/α-hetero) is 1. The van der Waals surface area contributed by atoms with Gasteiger partial charge >= 0.3 is 6.03 Å². The second-order valence-corrected chi connectivity index (χ2v) is 8.09. The van der Waals surface area contributed by atoms with Gasteiger partial charge in [0.1, 0.15) is 5.82 Å². The lowest BCUT2D eigenvalue weighted by Gasteiger charge is -2.34. The number of amides is 2. The molecule has 0 spiro atoms. The second kappa shape index (κ2) is 7.97. The lowest BCUT2D eigenvalue weighted by atomic mass is 9.89. The predicted molar refractivity (Wildman–Crippen MR) is 101 cm³/mol. The highest BCUT2D eigenvalue weighted by molar-refractivity contribution is 5.97. The predicted octanol–water partition coefficient (Wildman–Crippen LogP) is 3.06. The molecule has 0 radical (unpaired) electrons. The topological polar surface area (TPSA) is 52.7 Å². The van der Waals surface area contributed by atoms with Gasteiger partial charge in [0.15, 0.2) is 5.78 Å². The number of rotatable bonds is 5. The number of fused-ring (bicyclic) bond motifs is 1. The van der Waals surface area contributed by atoms with Crippen molar-refractivity contribution in [3.8, 4) is 0 Å². The van der Waals surface area contributed by atoms with Crippen LogP contribution in [0.1, 0.15) is 48.9 Å². The third kappa shape index (κ3) is 4.00. The molecule has 0 bridgehead atoms. The molecule has 1 aliphatic carbocycles. The summed E-state index contributed by atoms with van der Waals surface area (Å²) in [6, 6.07) is 6.65. The van der Waals surface area contributed by atoms with E-state index in [0.29, 0.717) is 17.6 Å². The second-order valence-electron chi connectivity index (χ2n) is 8.09. The maximum Gasteiger partial charge on any atom is 0.318 e. The number of ketones is 1. The molecule has 4 rings (SSSR count). The molecular formula is C21H28FN3O2. The van der Waals surface area contributed by atoms with Gasteiger partial charge in [-0.15, -0.1) is 0 Å². The van der Waals surface area contributed by atoms with Crippen LogP contribution in [0.25, 0.3) is 0 Å². The van der Waals surface area contributed by atoms with E-state index < -0.39 is 0 Å². The van der Waals surface area contributed by atoms with Crippen molar-refractivity contribution >= 4 is 11.8 Å². The minimum Gasteiger partial charge on any atom is -0.333 e. The van der Waals surface area contributed by atoms with Crippen LogP contribution in [-0.4, -0.2) is 59.9 Å². The van der Waals surface area contributed by atoms with Crippen molar-refractivity contribution < 1.29 is 14.0 Å². The monoisotopic (exact) mass is 373 g/mol. The van der Waals surface area contributed by atoms with Gasteiger partial charge in [0.05, 0.1) is 12.1 Å². The van der Waals surface area contributed by atoms with Gasteiger partial charge in [0, 0.05) is 24.6 Å². The Morgan fingerprint density at radius 1 is 1.04 bits per heavy atom. The van der Waals surface area contributed by atoms with Crippen LogP contribution < -0.4 is 5.32 Å². The Morgan fingerprint density at radius 2 is 1.74 bits per heavy atom. The highest BCUT2D eigenvalue weighted by Crippen LogP contribution is 2.28. The average Bonchev–Trinajstić information content (AvgIpc) is 3.02. The standard InChI is InChI=1S/C21H28FN3O2/c22-17-7-5-15(6-8-17)20(26)16-9-11-24(12-10-16)13-14-25-19-4-2-1-3-18(19)23-21(25)27/h5-8,16,18-19H,1-4,9-14H2,(H,23,27). The summed E-state index contributed by atoms with van der Waals surface area (Å²) < 4.78 is 13.0. The molecule has 2 unspecified atom stereocenters. The number of benzene rings is 1. The molecule has 2 amide bonds. The van der Waals surface area contributed by atoms with E-state index in [4.69, 9.17) is 0 Å². The van der Waals surface area contributed by atoms with Crippen LogP contribution in [0.3, 0.4) is 0 Å². The first-order chi connectivity index (χ1) is 13.1. The lowest BCUT2D eigenvalue weighted by molar-refractivity contribution is 0.0829. The van der Waals surface area contributed by atoms with Crippen molar-refractivity contribution in [1.82, 2.24) is 15.1 Å². The van der Waals surface area contributed by atoms with Gasteiger partial charge in [-0.1, -0.05) is 12.8 Å². The number of hydrogen-bond acceptors (Lipinski definition) is 3. The van der Waals surface area contributed by atoms with Crippen molar-refractivity contribution in [3.05, 3.63) is 35.6 Å². The van der Waals surface area contributed by atoms with Crippen LogP contribution in [-0.2, 0) is 0 Å². The summed E-state index contributed by atoms with van der Waals surface area (Å²) in [6.45, 7) is 3.39. The largest absolute Gasteiger partial charge is 0.333 e. The number of likely N-dealkylation sites (tertiary alicyclic amines) is 1. The Bertz CT molecular complexity index is 685. The molecule has 2 atom stereocenters. The molecule has 3 aliphatic rings. The first-order valence-electron chi connectivity index (χ1n) is 10.2. The fourth-order valence-electron chi connectivity index (χ4n) is 4.83. The fraction of sp³-hybridized carbons (Fsp3) is 0.619. The number of nitrogens with zero attached hydrogens (tertiary/aromatic N) is 2. The third-order valence-electron chi connectivity index (χ3n) is 6.44. The summed E-state index contributed by atoms with van der Waals surface area (Å²) in [6.07, 6.45) is 6.29. The Labute approximate surface area is 159 Å². The van der Waals surface area contributed by atoms with Crippen molar-refractivity contribution in [1.29, 1.82) is 0 Å². The molecule has 2 saturated heterocycles. The van der Waals surface area contributed by atoms with Crippen molar-refractivity contribution in [2.24, 2.45) is 5.92 Å². The Kier molecular flexibility index (Phi) is 5.43. The minimum absolute atomic E-state index is 0.0181. The molecule has 3 fully saturated rings. The number of urea groups is 1. The lowest BCUT2D eigenvalue weighted by Crippen LogP contribution is -2.45. The third-order valence-corrected chi connectivity index (χ3v) is 6.44. The molecule has 2 aliphatic heterocycles. The summed E-state index contributed by atoms with van der Waals surface area (Å²) in [4.78, 5) is 29.2. The van der Waals surface area contributed by atoms with Crippen molar-refractivity contribution in [2.75, 3.05) is 26.2 Å². The van der Waals surface area contributed by atoms with Gasteiger partial charge in [-0.3, -0.25) is 4.79 Å². The molecule has 1 N–H and O–H groups in total. The number of piperidine rings is 1. The Hall–Kier alpha value is -1.95. The van der Waals surface area contributed by atoms with Gasteiger partial charge in [0.25, 0.3) is 0 Å². The summed E-state index contributed by atoms with van der Waals surface area (Å²) in [5, 5.41) is 3.13. The number of carbonyl (C=O) groups is 2. The van der Waals surface area contributed by atoms with E-state index >= 15 is 0 Å². The maximum absolute atomic E-state index is 13.0. The van der Waals surface area contributed by atoms with Gasteiger partial charge in [0.2, 0.25) is 0 Å². The van der Waals surface area contributed by atoms with Crippen LogP contribution in [0.15, 0.2) is 24.3 Å². The van der Waals surface area contributed by atoms with Gasteiger partial charge in [-0.05, 0) is 63.0 Å². The minimum atomic E-state index is -0.312. The molecule has 27 heavy (non-hydrogen) atoms. The summed E-state index contributed by atoms with van der Waals surface area (Å²) >= 11 is 0. The molecular weight excluding hydrogens is 345 g/mol. The summed E-state index contributed by atoms with van der Waals surface area (Å²) in [5.74, 6) is -0.171. The van der Waals surface area contributed by atoms with Crippen LogP contribution in [0.2, 0.25) is 0 Å². The highest BCUT2D eigenvalue weighted by atomic mass is 19.1. The van der Waals surface area contributed by atoms with Crippen LogP contribution in [0.4, 0.5) is 9.18 Å². The molecule has 0 aromatic heterocycles. The van der Waals surface area contributed by atoms with Crippen molar-refractivity contribution in [3.63, 3.8) is 0 Å². The molecule has 1 aromatic carbocycles. The van der Waals surface area contributed by atoms with E-state index in [1.165, 1.54) is 25.0 Å². The van der Waals surface area contributed by atoms with E-state index in [0.717, 1.165) is 51.9 Å². The Balaban J connectivity index is 1.25. The van der Waals surface area contributed by atoms with Crippen LogP contribution >= 0.6 is 0 Å². The van der Waals surface area contributed by atoms with E-state index in [9.17, 15) is 14.0 Å². The number of hydrogen-bond donors (Lipinski definition) is 1. The average molecular weight is 373 g/mol. The number of nitrogens with one attached hydrogen (secondary N) is 1. The van der Waals surface area contributed by atoms with Gasteiger partial charge in [-0.25, -0.2) is 9.18 Å². The fourth-order valence-corrected chi connectivity index (χ4v) is 4.83. The number of carbonyl (C=O) groups excluding carboxylic acids is 2. The van der Waals surface area contributed by atoms with Gasteiger partial charge < -0.3 is 15.1 Å². The van der Waals surface area contributed by atoms with E-state index in [1.807, 2.05) is 4.90 Å². The maximum atomic E-state index is 13.0. The Morgan fingerprint density at radius 3 is 2.48 bits per heavy atom. The molecule has 1 aromatic rings. The first kappa shape index (κ1) is 18.4. The van der Waals surface area contributed by atoms with E-state index in [1.54, 1.807) is 12.1 Å².